The molecule has 0 saturated heterocycles. The number of fused-ring (bicyclic) bond motifs is 1. The number of anilines is 1. The Bertz CT molecular complexity index is 1210. The SMILES string of the molecule is Cc1cc(C=NNc2ncccc2[N+](=O)[O-])c(C)n1-c1sc2c(c1C(=O)O)CCCC2. The number of hydrazone groups is 1. The van der Waals surface area contributed by atoms with E-state index in [1.807, 2.05) is 24.5 Å². The van der Waals surface area contributed by atoms with Gasteiger partial charge in [-0.15, -0.1) is 11.3 Å². The van der Waals surface area contributed by atoms with Gasteiger partial charge in [0.2, 0.25) is 5.82 Å². The van der Waals surface area contributed by atoms with Crippen LogP contribution < -0.4 is 5.43 Å². The van der Waals surface area contributed by atoms with Gasteiger partial charge in [0, 0.05) is 34.1 Å². The first kappa shape index (κ1) is 20.7. The first-order valence-corrected chi connectivity index (χ1v) is 10.7. The molecule has 3 heterocycles. The van der Waals surface area contributed by atoms with E-state index in [0.29, 0.717) is 5.56 Å². The Balaban J connectivity index is 1.68. The molecule has 0 aromatic carbocycles. The lowest BCUT2D eigenvalue weighted by molar-refractivity contribution is -0.384. The van der Waals surface area contributed by atoms with Gasteiger partial charge in [-0.2, -0.15) is 5.10 Å². The molecule has 2 N–H and O–H groups in total. The molecular weight excluding hydrogens is 418 g/mol. The standard InChI is InChI=1S/C21H21N5O4S/c1-12-10-14(11-23-24-19-16(26(29)30)7-5-9-22-19)13(2)25(12)20-18(21(27)28)15-6-3-4-8-17(15)31-20/h5,7,9-11H,3-4,6,8H2,1-2H3,(H,22,24)(H,27,28). The van der Waals surface area contributed by atoms with Gasteiger partial charge >= 0.3 is 11.7 Å². The molecule has 9 nitrogen and oxygen atoms in total. The van der Waals surface area contributed by atoms with E-state index in [1.54, 1.807) is 17.6 Å². The van der Waals surface area contributed by atoms with Gasteiger partial charge in [-0.05, 0) is 57.2 Å². The fourth-order valence-corrected chi connectivity index (χ4v) is 5.45. The van der Waals surface area contributed by atoms with Crippen molar-refractivity contribution in [2.24, 2.45) is 5.10 Å². The van der Waals surface area contributed by atoms with Crippen molar-refractivity contribution in [1.82, 2.24) is 9.55 Å². The molecule has 3 aromatic heterocycles. The summed E-state index contributed by atoms with van der Waals surface area (Å²) in [6.07, 6.45) is 6.82. The van der Waals surface area contributed by atoms with Crippen molar-refractivity contribution in [3.05, 3.63) is 67.5 Å². The number of nitrogens with one attached hydrogen (secondary N) is 1. The van der Waals surface area contributed by atoms with Crippen LogP contribution in [0.3, 0.4) is 0 Å². The van der Waals surface area contributed by atoms with Crippen LogP contribution in [0.25, 0.3) is 5.00 Å². The Morgan fingerprint density at radius 1 is 1.39 bits per heavy atom. The summed E-state index contributed by atoms with van der Waals surface area (Å²) < 4.78 is 1.96. The molecule has 31 heavy (non-hydrogen) atoms. The van der Waals surface area contributed by atoms with Crippen LogP contribution in [0, 0.1) is 24.0 Å². The van der Waals surface area contributed by atoms with Crippen molar-refractivity contribution >= 4 is 35.0 Å². The molecule has 4 rings (SSSR count). The van der Waals surface area contributed by atoms with Gasteiger partial charge < -0.3 is 9.67 Å². The smallest absolute Gasteiger partial charge is 0.339 e. The molecule has 10 heteroatoms. The lowest BCUT2D eigenvalue weighted by Crippen LogP contribution is -2.09. The van der Waals surface area contributed by atoms with E-state index in [-0.39, 0.29) is 11.5 Å². The minimum atomic E-state index is -0.902. The monoisotopic (exact) mass is 439 g/mol. The molecule has 1 aliphatic rings. The van der Waals surface area contributed by atoms with E-state index >= 15 is 0 Å². The fourth-order valence-electron chi connectivity index (χ4n) is 3.95. The van der Waals surface area contributed by atoms with E-state index in [0.717, 1.165) is 58.1 Å². The van der Waals surface area contributed by atoms with E-state index < -0.39 is 10.9 Å². The third-order valence-electron chi connectivity index (χ3n) is 5.40. The largest absolute Gasteiger partial charge is 0.478 e. The Kier molecular flexibility index (Phi) is 5.55. The van der Waals surface area contributed by atoms with E-state index in [1.165, 1.54) is 18.3 Å². The molecule has 0 bridgehead atoms. The zero-order valence-corrected chi connectivity index (χ0v) is 17.9. The summed E-state index contributed by atoms with van der Waals surface area (Å²) >= 11 is 1.55. The predicted octanol–water partition coefficient (Wildman–Crippen LogP) is 4.48. The number of nitrogens with zero attached hydrogens (tertiary/aromatic N) is 4. The first-order valence-electron chi connectivity index (χ1n) is 9.84. The first-order chi connectivity index (χ1) is 14.9. The number of carboxylic acid groups (broad SMARTS) is 1. The zero-order valence-electron chi connectivity index (χ0n) is 17.1. The number of aryl methyl sites for hydroxylation is 2. The average molecular weight is 439 g/mol. The second-order valence-corrected chi connectivity index (χ2v) is 8.44. The molecule has 0 radical (unpaired) electrons. The van der Waals surface area contributed by atoms with Crippen LogP contribution in [0.15, 0.2) is 29.5 Å². The van der Waals surface area contributed by atoms with Crippen LogP contribution in [-0.4, -0.2) is 31.8 Å². The lowest BCUT2D eigenvalue weighted by atomic mass is 9.95. The number of nitro groups is 1. The second kappa shape index (κ2) is 8.31. The number of carbonyl (C=O) groups is 1. The molecule has 0 saturated carbocycles. The van der Waals surface area contributed by atoms with Crippen LogP contribution >= 0.6 is 11.3 Å². The minimum absolute atomic E-state index is 0.0525. The number of carboxylic acids is 1. The number of aromatic carboxylic acids is 1. The summed E-state index contributed by atoms with van der Waals surface area (Å²) in [4.78, 5) is 27.8. The van der Waals surface area contributed by atoms with Crippen LogP contribution in [0.5, 0.6) is 0 Å². The van der Waals surface area contributed by atoms with E-state index in [2.05, 4.69) is 15.5 Å². The van der Waals surface area contributed by atoms with Crippen molar-refractivity contribution in [3.63, 3.8) is 0 Å². The van der Waals surface area contributed by atoms with Crippen LogP contribution in [-0.2, 0) is 12.8 Å². The minimum Gasteiger partial charge on any atom is -0.478 e. The summed E-state index contributed by atoms with van der Waals surface area (Å²) in [6.45, 7) is 3.83. The van der Waals surface area contributed by atoms with Crippen molar-refractivity contribution in [2.45, 2.75) is 39.5 Å². The lowest BCUT2D eigenvalue weighted by Gasteiger charge is -2.11. The highest BCUT2D eigenvalue weighted by atomic mass is 32.1. The number of hydrogen-bond acceptors (Lipinski definition) is 7. The maximum Gasteiger partial charge on any atom is 0.339 e. The summed E-state index contributed by atoms with van der Waals surface area (Å²) in [5, 5.41) is 25.8. The van der Waals surface area contributed by atoms with Crippen molar-refractivity contribution < 1.29 is 14.8 Å². The molecule has 0 spiro atoms. The third-order valence-corrected chi connectivity index (χ3v) is 6.67. The van der Waals surface area contributed by atoms with Gasteiger partial charge in [-0.3, -0.25) is 15.5 Å². The van der Waals surface area contributed by atoms with Crippen LogP contribution in [0.2, 0.25) is 0 Å². The Morgan fingerprint density at radius 3 is 2.90 bits per heavy atom. The van der Waals surface area contributed by atoms with Crippen LogP contribution in [0.1, 0.15) is 50.6 Å². The zero-order chi connectivity index (χ0) is 22.1. The molecule has 0 amide bonds. The van der Waals surface area contributed by atoms with Gasteiger partial charge in [-0.25, -0.2) is 9.78 Å². The third kappa shape index (κ3) is 3.81. The number of thiophene rings is 1. The maximum absolute atomic E-state index is 12.1. The van der Waals surface area contributed by atoms with Gasteiger partial charge in [-0.1, -0.05) is 0 Å². The summed E-state index contributed by atoms with van der Waals surface area (Å²) in [5.74, 6) is -0.849. The highest BCUT2D eigenvalue weighted by Crippen LogP contribution is 2.38. The van der Waals surface area contributed by atoms with Gasteiger partial charge in [0.05, 0.1) is 16.7 Å². The topological polar surface area (TPSA) is 123 Å². The highest BCUT2D eigenvalue weighted by Gasteiger charge is 2.27. The number of rotatable bonds is 6. The normalized spacial score (nSPS) is 13.4. The summed E-state index contributed by atoms with van der Waals surface area (Å²) in [7, 11) is 0. The van der Waals surface area contributed by atoms with Crippen molar-refractivity contribution in [3.8, 4) is 5.00 Å². The summed E-state index contributed by atoms with van der Waals surface area (Å²) in [5.41, 5.74) is 6.34. The Labute approximate surface area is 182 Å². The Morgan fingerprint density at radius 2 is 2.16 bits per heavy atom. The van der Waals surface area contributed by atoms with Gasteiger partial charge in [0.1, 0.15) is 5.00 Å². The van der Waals surface area contributed by atoms with Crippen molar-refractivity contribution in [1.29, 1.82) is 0 Å². The van der Waals surface area contributed by atoms with Gasteiger partial charge in [0.15, 0.2) is 0 Å². The van der Waals surface area contributed by atoms with E-state index in [9.17, 15) is 20.0 Å². The quantitative estimate of drug-likeness (QED) is 0.332. The second-order valence-electron chi connectivity index (χ2n) is 7.36. The van der Waals surface area contributed by atoms with Crippen LogP contribution in [0.4, 0.5) is 11.5 Å². The predicted molar refractivity (Wildman–Crippen MR) is 119 cm³/mol. The molecule has 0 fully saturated rings. The molecule has 3 aromatic rings. The number of pyridine rings is 1. The highest BCUT2D eigenvalue weighted by molar-refractivity contribution is 7.15. The number of hydrogen-bond donors (Lipinski definition) is 2. The fraction of sp³-hybridized carbons (Fsp3) is 0.286. The number of aromatic nitrogens is 2. The van der Waals surface area contributed by atoms with Crippen molar-refractivity contribution in [2.75, 3.05) is 5.43 Å². The summed E-state index contributed by atoms with van der Waals surface area (Å²) in [6, 6.07) is 4.75. The molecule has 160 valence electrons. The molecule has 1 aliphatic carbocycles. The average Bonchev–Trinajstić information content (AvgIpc) is 3.24. The molecular formula is C21H21N5O4S. The maximum atomic E-state index is 12.1. The van der Waals surface area contributed by atoms with E-state index in [4.69, 9.17) is 0 Å². The molecule has 0 unspecified atom stereocenters. The molecule has 0 atom stereocenters. The Hall–Kier alpha value is -3.53. The van der Waals surface area contributed by atoms with Gasteiger partial charge in [0.25, 0.3) is 0 Å². The molecule has 0 aliphatic heterocycles.